The molecule has 0 saturated carbocycles. The third-order valence-electron chi connectivity index (χ3n) is 3.77. The van der Waals surface area contributed by atoms with Crippen molar-refractivity contribution in [3.8, 4) is 0 Å². The molecule has 2 amide bonds. The van der Waals surface area contributed by atoms with Gasteiger partial charge in [-0.15, -0.1) is 0 Å². The van der Waals surface area contributed by atoms with Crippen LogP contribution in [0, 0.1) is 0 Å². The summed E-state index contributed by atoms with van der Waals surface area (Å²) in [5, 5.41) is 10.9. The Morgan fingerprint density at radius 3 is 2.38 bits per heavy atom. The van der Waals surface area contributed by atoms with Crippen LogP contribution >= 0.6 is 0 Å². The van der Waals surface area contributed by atoms with Crippen molar-refractivity contribution in [2.75, 3.05) is 4.90 Å². The summed E-state index contributed by atoms with van der Waals surface area (Å²) in [5.74, 6) is -0.975. The summed E-state index contributed by atoms with van der Waals surface area (Å²) in [6, 6.07) is 16.2. The van der Waals surface area contributed by atoms with E-state index < -0.39 is 17.4 Å². The van der Waals surface area contributed by atoms with E-state index in [4.69, 9.17) is 0 Å². The first-order valence-electron chi connectivity index (χ1n) is 6.75. The number of aliphatic hydroxyl groups is 1. The van der Waals surface area contributed by atoms with Gasteiger partial charge in [0.2, 0.25) is 5.91 Å². The number of para-hydroxylation sites is 1. The highest BCUT2D eigenvalue weighted by Gasteiger charge is 2.50. The molecule has 3 rings (SSSR count). The average molecular weight is 281 g/mol. The van der Waals surface area contributed by atoms with Gasteiger partial charge in [-0.3, -0.25) is 9.59 Å². The minimum Gasteiger partial charge on any atom is -0.375 e. The third kappa shape index (κ3) is 2.04. The number of fused-ring (bicyclic) bond motifs is 1. The molecule has 0 saturated heterocycles. The van der Waals surface area contributed by atoms with Crippen LogP contribution in [-0.4, -0.2) is 16.9 Å². The zero-order valence-electron chi connectivity index (χ0n) is 11.6. The van der Waals surface area contributed by atoms with E-state index in [0.717, 1.165) is 10.5 Å². The van der Waals surface area contributed by atoms with Gasteiger partial charge in [-0.05, 0) is 11.6 Å². The number of hydrogen-bond acceptors (Lipinski definition) is 3. The van der Waals surface area contributed by atoms with Crippen LogP contribution in [0.2, 0.25) is 0 Å². The molecule has 1 aliphatic heterocycles. The molecule has 1 aliphatic rings. The van der Waals surface area contributed by atoms with Gasteiger partial charge in [0, 0.05) is 18.9 Å². The summed E-state index contributed by atoms with van der Waals surface area (Å²) in [6.07, 6.45) is 0.146. The minimum absolute atomic E-state index is 0.146. The number of carbonyl (C=O) groups is 2. The Labute approximate surface area is 122 Å². The first-order valence-corrected chi connectivity index (χ1v) is 6.75. The number of nitrogens with zero attached hydrogens (tertiary/aromatic N) is 1. The van der Waals surface area contributed by atoms with Crippen LogP contribution < -0.4 is 4.90 Å². The number of carbonyl (C=O) groups excluding carboxylic acids is 2. The highest BCUT2D eigenvalue weighted by Crippen LogP contribution is 2.42. The zero-order chi connectivity index (χ0) is 15.0. The van der Waals surface area contributed by atoms with Crippen molar-refractivity contribution in [1.82, 2.24) is 0 Å². The van der Waals surface area contributed by atoms with Gasteiger partial charge in [0.15, 0.2) is 5.60 Å². The Bertz CT molecular complexity index is 711. The van der Waals surface area contributed by atoms with Crippen molar-refractivity contribution in [3.05, 3.63) is 65.7 Å². The summed E-state index contributed by atoms with van der Waals surface area (Å²) in [5.41, 5.74) is 0.0971. The fourth-order valence-corrected chi connectivity index (χ4v) is 2.80. The molecule has 0 bridgehead atoms. The van der Waals surface area contributed by atoms with Gasteiger partial charge in [0.1, 0.15) is 0 Å². The van der Waals surface area contributed by atoms with E-state index in [1.807, 2.05) is 30.3 Å². The monoisotopic (exact) mass is 281 g/mol. The molecule has 0 radical (unpaired) electrons. The maximum atomic E-state index is 12.6. The summed E-state index contributed by atoms with van der Waals surface area (Å²) >= 11 is 0. The van der Waals surface area contributed by atoms with Crippen LogP contribution in [0.25, 0.3) is 0 Å². The van der Waals surface area contributed by atoms with Crippen molar-refractivity contribution in [2.45, 2.75) is 18.9 Å². The number of imide groups is 1. The third-order valence-corrected chi connectivity index (χ3v) is 3.77. The van der Waals surface area contributed by atoms with Gasteiger partial charge in [-0.1, -0.05) is 48.5 Å². The molecule has 0 aromatic heterocycles. The second kappa shape index (κ2) is 4.82. The predicted molar refractivity (Wildman–Crippen MR) is 78.7 cm³/mol. The van der Waals surface area contributed by atoms with Gasteiger partial charge < -0.3 is 5.11 Å². The van der Waals surface area contributed by atoms with Gasteiger partial charge in [-0.2, -0.15) is 0 Å². The van der Waals surface area contributed by atoms with Crippen molar-refractivity contribution in [3.63, 3.8) is 0 Å². The standard InChI is InChI=1S/C17H15NO3/c1-12(19)18-15-10-6-5-9-14(15)17(21,16(18)20)11-13-7-3-2-4-8-13/h2-10,21H,11H2,1H3. The lowest BCUT2D eigenvalue weighted by Gasteiger charge is -2.22. The Balaban J connectivity index is 2.10. The highest BCUT2D eigenvalue weighted by atomic mass is 16.3. The Morgan fingerprint density at radius 1 is 1.10 bits per heavy atom. The molecule has 0 spiro atoms. The van der Waals surface area contributed by atoms with Crippen LogP contribution in [0.1, 0.15) is 18.1 Å². The van der Waals surface area contributed by atoms with Crippen LogP contribution in [0.3, 0.4) is 0 Å². The maximum Gasteiger partial charge on any atom is 0.270 e. The average Bonchev–Trinajstić information content (AvgIpc) is 2.69. The SMILES string of the molecule is CC(=O)N1C(=O)C(O)(Cc2ccccc2)c2ccccc21. The lowest BCUT2D eigenvalue weighted by Crippen LogP contribution is -2.43. The highest BCUT2D eigenvalue weighted by molar-refractivity contribution is 6.21. The van der Waals surface area contributed by atoms with E-state index in [0.29, 0.717) is 11.3 Å². The van der Waals surface area contributed by atoms with Crippen LogP contribution in [-0.2, 0) is 21.6 Å². The van der Waals surface area contributed by atoms with E-state index in [1.54, 1.807) is 24.3 Å². The lowest BCUT2D eigenvalue weighted by molar-refractivity contribution is -0.138. The van der Waals surface area contributed by atoms with Gasteiger partial charge >= 0.3 is 0 Å². The molecule has 0 aliphatic carbocycles. The van der Waals surface area contributed by atoms with E-state index >= 15 is 0 Å². The molecule has 106 valence electrons. The zero-order valence-corrected chi connectivity index (χ0v) is 11.6. The van der Waals surface area contributed by atoms with Crippen molar-refractivity contribution >= 4 is 17.5 Å². The molecule has 4 heteroatoms. The normalized spacial score (nSPS) is 20.5. The first-order chi connectivity index (χ1) is 10.0. The Morgan fingerprint density at radius 2 is 1.71 bits per heavy atom. The summed E-state index contributed by atoms with van der Waals surface area (Å²) in [6.45, 7) is 1.32. The number of rotatable bonds is 2. The van der Waals surface area contributed by atoms with Gasteiger partial charge in [0.25, 0.3) is 5.91 Å². The molecule has 1 unspecified atom stereocenters. The molecule has 21 heavy (non-hydrogen) atoms. The topological polar surface area (TPSA) is 57.6 Å². The summed E-state index contributed by atoms with van der Waals surface area (Å²) in [4.78, 5) is 25.4. The van der Waals surface area contributed by atoms with E-state index in [9.17, 15) is 14.7 Å². The Kier molecular flexibility index (Phi) is 3.11. The van der Waals surface area contributed by atoms with Crippen LogP contribution in [0.15, 0.2) is 54.6 Å². The quantitative estimate of drug-likeness (QED) is 0.916. The second-order valence-electron chi connectivity index (χ2n) is 5.20. The Hall–Kier alpha value is -2.46. The number of hydrogen-bond donors (Lipinski definition) is 1. The van der Waals surface area contributed by atoms with Gasteiger partial charge in [0.05, 0.1) is 5.69 Å². The molecule has 4 nitrogen and oxygen atoms in total. The van der Waals surface area contributed by atoms with Gasteiger partial charge in [-0.25, -0.2) is 4.90 Å². The molecular weight excluding hydrogens is 266 g/mol. The summed E-state index contributed by atoms with van der Waals surface area (Å²) < 4.78 is 0. The fourth-order valence-electron chi connectivity index (χ4n) is 2.80. The molecule has 1 N–H and O–H groups in total. The molecule has 2 aromatic carbocycles. The van der Waals surface area contributed by atoms with E-state index in [2.05, 4.69) is 0 Å². The number of anilines is 1. The van der Waals surface area contributed by atoms with Crippen molar-refractivity contribution in [1.29, 1.82) is 0 Å². The minimum atomic E-state index is -1.69. The maximum absolute atomic E-state index is 12.6. The van der Waals surface area contributed by atoms with Crippen molar-refractivity contribution in [2.24, 2.45) is 0 Å². The first kappa shape index (κ1) is 13.5. The summed E-state index contributed by atoms with van der Waals surface area (Å²) in [7, 11) is 0. The predicted octanol–water partition coefficient (Wildman–Crippen LogP) is 2.01. The number of amides is 2. The lowest BCUT2D eigenvalue weighted by atomic mass is 9.88. The molecule has 1 atom stereocenters. The molecule has 0 fully saturated rings. The number of benzene rings is 2. The largest absolute Gasteiger partial charge is 0.375 e. The second-order valence-corrected chi connectivity index (χ2v) is 5.20. The smallest absolute Gasteiger partial charge is 0.270 e. The molecule has 1 heterocycles. The van der Waals surface area contributed by atoms with E-state index in [-0.39, 0.29) is 6.42 Å². The fraction of sp³-hybridized carbons (Fsp3) is 0.176. The van der Waals surface area contributed by atoms with Crippen LogP contribution in [0.5, 0.6) is 0 Å². The van der Waals surface area contributed by atoms with Crippen molar-refractivity contribution < 1.29 is 14.7 Å². The molecular formula is C17H15NO3. The van der Waals surface area contributed by atoms with Crippen LogP contribution in [0.4, 0.5) is 5.69 Å². The molecule has 2 aromatic rings. The van der Waals surface area contributed by atoms with E-state index in [1.165, 1.54) is 6.92 Å².